The minimum Gasteiger partial charge on any atom is -0.462 e. The topological polar surface area (TPSA) is 237 Å². The van der Waals surface area contributed by atoms with Gasteiger partial charge in [-0.2, -0.15) is 0 Å². The Morgan fingerprint density at radius 2 is 0.546 bits per heavy atom. The normalized spacial score (nSPS) is 14.2. The smallest absolute Gasteiger partial charge is 0.462 e. The van der Waals surface area contributed by atoms with E-state index in [9.17, 15) is 43.2 Å². The van der Waals surface area contributed by atoms with Gasteiger partial charge >= 0.3 is 39.5 Å². The van der Waals surface area contributed by atoms with E-state index in [1.54, 1.807) is 0 Å². The van der Waals surface area contributed by atoms with Gasteiger partial charge in [0, 0.05) is 25.7 Å². The summed E-state index contributed by atoms with van der Waals surface area (Å²) in [5.41, 5.74) is 0. The van der Waals surface area contributed by atoms with Crippen LogP contribution in [0.1, 0.15) is 452 Å². The lowest BCUT2D eigenvalue weighted by Crippen LogP contribution is -2.30. The van der Waals surface area contributed by atoms with E-state index in [-0.39, 0.29) is 25.7 Å². The van der Waals surface area contributed by atoms with Gasteiger partial charge in [-0.15, -0.1) is 0 Å². The second-order valence-corrected chi connectivity index (χ2v) is 34.9. The van der Waals surface area contributed by atoms with Gasteiger partial charge in [-0.3, -0.25) is 37.3 Å². The quantitative estimate of drug-likeness (QED) is 0.0169. The van der Waals surface area contributed by atoms with Crippen LogP contribution in [-0.4, -0.2) is 96.7 Å². The molecule has 0 fully saturated rings. The third-order valence-electron chi connectivity index (χ3n) is 20.7. The number of hydrogen-bond acceptors (Lipinski definition) is 15. The van der Waals surface area contributed by atoms with Crippen molar-refractivity contribution in [1.29, 1.82) is 0 Å². The van der Waals surface area contributed by atoms with Crippen molar-refractivity contribution >= 4 is 39.5 Å². The number of phosphoric acid groups is 2. The molecular weight excluding hydrogens is 1400 g/mol. The lowest BCUT2D eigenvalue weighted by Gasteiger charge is -2.21. The fraction of sp³-hybridized carbons (Fsp3) is 0.910. The second kappa shape index (κ2) is 79.8. The summed E-state index contributed by atoms with van der Waals surface area (Å²) in [7, 11) is -9.94. The molecule has 3 unspecified atom stereocenters. The van der Waals surface area contributed by atoms with Crippen LogP contribution in [0.15, 0.2) is 24.3 Å². The predicted octanol–water partition coefficient (Wildman–Crippen LogP) is 27.0. The molecule has 0 bridgehead atoms. The molecule has 0 aromatic rings. The molecule has 19 heteroatoms. The predicted molar refractivity (Wildman–Crippen MR) is 446 cm³/mol. The van der Waals surface area contributed by atoms with Gasteiger partial charge in [-0.25, -0.2) is 9.13 Å². The van der Waals surface area contributed by atoms with Crippen molar-refractivity contribution in [3.8, 4) is 0 Å². The largest absolute Gasteiger partial charge is 0.472 e. The first kappa shape index (κ1) is 106. The van der Waals surface area contributed by atoms with Gasteiger partial charge in [-0.05, 0) is 63.2 Å². The number of carbonyl (C=O) groups excluding carboxylic acids is 4. The van der Waals surface area contributed by atoms with Gasteiger partial charge < -0.3 is 33.8 Å². The maximum absolute atomic E-state index is 13.2. The highest BCUT2D eigenvalue weighted by Crippen LogP contribution is 2.45. The molecule has 6 atom stereocenters. The first-order valence-electron chi connectivity index (χ1n) is 45.3. The molecule has 0 saturated carbocycles. The van der Waals surface area contributed by atoms with Gasteiger partial charge in [-0.1, -0.05) is 400 Å². The number of aliphatic hydroxyl groups is 1. The Kier molecular flexibility index (Phi) is 77.9. The SMILES string of the molecule is CCCCCC/C=C\C=C/CCCCCCCC(=O)O[C@H](COC(=O)CCCCCCCCCC(C)C)COP(=O)(O)OC[C@H](O)COP(=O)(O)OC[C@@H](COC(=O)CCCCCCCCCCCCCCCCCCCCCCC)OC(=O)CCCCCCCCCCCCCCCCCCCCC(C)CC. The molecule has 0 aliphatic rings. The molecular formula is C89H170O17P2. The third kappa shape index (κ3) is 80.2. The summed E-state index contributed by atoms with van der Waals surface area (Å²) in [5.74, 6) is -0.561. The molecule has 0 rings (SSSR count). The van der Waals surface area contributed by atoms with E-state index in [4.69, 9.17) is 37.0 Å². The molecule has 0 radical (unpaired) electrons. The van der Waals surface area contributed by atoms with Crippen molar-refractivity contribution < 1.29 is 80.2 Å². The lowest BCUT2D eigenvalue weighted by molar-refractivity contribution is -0.161. The summed E-state index contributed by atoms with van der Waals surface area (Å²) in [6.45, 7) is 9.62. The van der Waals surface area contributed by atoms with Crippen LogP contribution in [0.3, 0.4) is 0 Å². The summed E-state index contributed by atoms with van der Waals surface area (Å²) in [5, 5.41) is 10.7. The van der Waals surface area contributed by atoms with Crippen LogP contribution in [0.2, 0.25) is 0 Å². The third-order valence-corrected chi connectivity index (χ3v) is 22.6. The van der Waals surface area contributed by atoms with E-state index >= 15 is 0 Å². The van der Waals surface area contributed by atoms with E-state index in [1.165, 1.54) is 250 Å². The van der Waals surface area contributed by atoms with E-state index in [0.717, 1.165) is 115 Å². The highest BCUT2D eigenvalue weighted by atomic mass is 31.2. The average molecular weight is 1570 g/mol. The standard InChI is InChI=1S/C89H170O17P2/c1-7-10-12-14-16-18-20-22-24-25-26-27-28-32-36-39-43-47-53-59-65-71-86(91)99-77-84(105-88(93)74-68-62-55-49-45-41-37-33-30-29-31-35-38-42-46-52-58-64-70-82(6)9-3)79-103-107(95,96)101-75-83(90)76-102-108(97,98)104-80-85(78-100-87(92)72-66-60-56-50-51-57-63-69-81(4)5)106-89(94)73-67-61-54-48-44-40-34-23-21-19-17-15-13-11-8-2/h19,21,23,34,81-85,90H,7-18,20,22,24-33,35-80H2,1-6H3,(H,95,96)(H,97,98)/b21-19-,34-23-/t82?,83-,84-,85-/m1/s1. The number of unbranched alkanes of at least 4 members (excludes halogenated alkanes) is 52. The van der Waals surface area contributed by atoms with E-state index < -0.39 is 97.5 Å². The fourth-order valence-corrected chi connectivity index (χ4v) is 15.0. The Morgan fingerprint density at radius 1 is 0.306 bits per heavy atom. The molecule has 0 aliphatic carbocycles. The molecule has 0 aromatic heterocycles. The molecule has 0 spiro atoms. The van der Waals surface area contributed by atoms with E-state index in [1.807, 2.05) is 0 Å². The number of aliphatic hydroxyl groups excluding tert-OH is 1. The lowest BCUT2D eigenvalue weighted by atomic mass is 9.99. The van der Waals surface area contributed by atoms with Gasteiger partial charge in [0.2, 0.25) is 0 Å². The summed E-state index contributed by atoms with van der Waals surface area (Å²) in [6.07, 6.45) is 76.0. The number of esters is 4. The molecule has 3 N–H and O–H groups in total. The Hall–Kier alpha value is -2.46. The highest BCUT2D eigenvalue weighted by Gasteiger charge is 2.30. The Bertz CT molecular complexity index is 2160. The average Bonchev–Trinajstić information content (AvgIpc) is 0.902. The van der Waals surface area contributed by atoms with Gasteiger partial charge in [0.25, 0.3) is 0 Å². The van der Waals surface area contributed by atoms with Crippen molar-refractivity contribution in [2.24, 2.45) is 11.8 Å². The molecule has 0 saturated heterocycles. The molecule has 0 heterocycles. The van der Waals surface area contributed by atoms with Crippen LogP contribution < -0.4 is 0 Å². The number of allylic oxidation sites excluding steroid dienone is 4. The van der Waals surface area contributed by atoms with Crippen molar-refractivity contribution in [3.05, 3.63) is 24.3 Å². The second-order valence-electron chi connectivity index (χ2n) is 32.0. The van der Waals surface area contributed by atoms with Crippen LogP contribution >= 0.6 is 15.6 Å². The zero-order chi connectivity index (χ0) is 79.2. The maximum atomic E-state index is 13.2. The number of phosphoric ester groups is 2. The van der Waals surface area contributed by atoms with Crippen LogP contribution in [0.25, 0.3) is 0 Å². The Labute approximate surface area is 663 Å². The van der Waals surface area contributed by atoms with Gasteiger partial charge in [0.15, 0.2) is 12.2 Å². The number of ether oxygens (including phenoxy) is 4. The van der Waals surface area contributed by atoms with E-state index in [0.29, 0.717) is 31.6 Å². The van der Waals surface area contributed by atoms with E-state index in [2.05, 4.69) is 65.8 Å². The van der Waals surface area contributed by atoms with Crippen molar-refractivity contribution in [3.63, 3.8) is 0 Å². The molecule has 0 aliphatic heterocycles. The summed E-state index contributed by atoms with van der Waals surface area (Å²) in [6, 6.07) is 0. The maximum Gasteiger partial charge on any atom is 0.472 e. The zero-order valence-electron chi connectivity index (χ0n) is 70.6. The molecule has 638 valence electrons. The monoisotopic (exact) mass is 1570 g/mol. The molecule has 0 amide bonds. The molecule has 108 heavy (non-hydrogen) atoms. The van der Waals surface area contributed by atoms with Crippen LogP contribution in [-0.2, 0) is 65.4 Å². The zero-order valence-corrected chi connectivity index (χ0v) is 72.4. The van der Waals surface area contributed by atoms with Crippen molar-refractivity contribution in [2.75, 3.05) is 39.6 Å². The minimum absolute atomic E-state index is 0.0846. The number of carbonyl (C=O) groups is 4. The molecule has 0 aromatic carbocycles. The van der Waals surface area contributed by atoms with Crippen LogP contribution in [0.5, 0.6) is 0 Å². The number of rotatable bonds is 86. The fourth-order valence-electron chi connectivity index (χ4n) is 13.4. The molecule has 17 nitrogen and oxygen atoms in total. The van der Waals surface area contributed by atoms with Crippen molar-refractivity contribution in [1.82, 2.24) is 0 Å². The first-order chi connectivity index (χ1) is 52.4. The van der Waals surface area contributed by atoms with Gasteiger partial charge in [0.05, 0.1) is 26.4 Å². The van der Waals surface area contributed by atoms with Gasteiger partial charge in [0.1, 0.15) is 19.3 Å². The highest BCUT2D eigenvalue weighted by molar-refractivity contribution is 7.47. The Balaban J connectivity index is 5.24. The Morgan fingerprint density at radius 3 is 0.833 bits per heavy atom. The number of hydrogen-bond donors (Lipinski definition) is 3. The first-order valence-corrected chi connectivity index (χ1v) is 48.3. The summed E-state index contributed by atoms with van der Waals surface area (Å²) in [4.78, 5) is 73.2. The summed E-state index contributed by atoms with van der Waals surface area (Å²) < 4.78 is 68.9. The minimum atomic E-state index is -4.97. The van der Waals surface area contributed by atoms with Crippen molar-refractivity contribution in [2.45, 2.75) is 471 Å². The van der Waals surface area contributed by atoms with Crippen LogP contribution in [0, 0.1) is 11.8 Å². The van der Waals surface area contributed by atoms with Crippen LogP contribution in [0.4, 0.5) is 0 Å². The summed E-state index contributed by atoms with van der Waals surface area (Å²) >= 11 is 0.